The third kappa shape index (κ3) is 3.35. The van der Waals surface area contributed by atoms with Crippen molar-refractivity contribution in [2.45, 2.75) is 51.5 Å². The average Bonchev–Trinajstić information content (AvgIpc) is 2.42. The Labute approximate surface area is 116 Å². The number of methoxy groups -OCH3 is 1. The summed E-state index contributed by atoms with van der Waals surface area (Å²) in [7, 11) is 1.77. The van der Waals surface area contributed by atoms with Crippen molar-refractivity contribution in [3.63, 3.8) is 0 Å². The summed E-state index contributed by atoms with van der Waals surface area (Å²) >= 11 is 0. The van der Waals surface area contributed by atoms with Crippen molar-refractivity contribution in [3.8, 4) is 0 Å². The molecule has 19 heavy (non-hydrogen) atoms. The van der Waals surface area contributed by atoms with Crippen molar-refractivity contribution < 1.29 is 9.47 Å². The maximum absolute atomic E-state index is 5.64. The number of nitrogens with one attached hydrogen (secondary N) is 1. The van der Waals surface area contributed by atoms with Crippen LogP contribution >= 0.6 is 0 Å². The summed E-state index contributed by atoms with van der Waals surface area (Å²) in [4.78, 5) is 0. The SMILES string of the molecule is CCOC1CC(NCc2ccccc2CC)C1OC. The molecule has 0 heterocycles. The minimum atomic E-state index is 0.189. The van der Waals surface area contributed by atoms with Gasteiger partial charge < -0.3 is 14.8 Å². The highest BCUT2D eigenvalue weighted by atomic mass is 16.5. The fourth-order valence-corrected chi connectivity index (χ4v) is 2.79. The van der Waals surface area contributed by atoms with Gasteiger partial charge in [-0.15, -0.1) is 0 Å². The molecule has 106 valence electrons. The maximum atomic E-state index is 5.64. The Morgan fingerprint density at radius 1 is 1.21 bits per heavy atom. The summed E-state index contributed by atoms with van der Waals surface area (Å²) in [6.07, 6.45) is 2.57. The summed E-state index contributed by atoms with van der Waals surface area (Å²) in [6, 6.07) is 9.02. The van der Waals surface area contributed by atoms with Gasteiger partial charge in [0.1, 0.15) is 0 Å². The van der Waals surface area contributed by atoms with Crippen LogP contribution in [-0.4, -0.2) is 32.0 Å². The van der Waals surface area contributed by atoms with E-state index in [0.717, 1.165) is 26.0 Å². The molecular weight excluding hydrogens is 238 g/mol. The lowest BCUT2D eigenvalue weighted by atomic mass is 9.85. The first-order valence-corrected chi connectivity index (χ1v) is 7.24. The van der Waals surface area contributed by atoms with Crippen LogP contribution in [0.1, 0.15) is 31.4 Å². The Morgan fingerprint density at radius 2 is 1.95 bits per heavy atom. The molecule has 2 rings (SSSR count). The van der Waals surface area contributed by atoms with Crippen molar-refractivity contribution in [3.05, 3.63) is 35.4 Å². The molecule has 1 aromatic carbocycles. The van der Waals surface area contributed by atoms with Gasteiger partial charge in [-0.3, -0.25) is 0 Å². The van der Waals surface area contributed by atoms with Crippen LogP contribution in [-0.2, 0) is 22.4 Å². The van der Waals surface area contributed by atoms with Gasteiger partial charge in [0.25, 0.3) is 0 Å². The van der Waals surface area contributed by atoms with Gasteiger partial charge in [0.2, 0.25) is 0 Å². The lowest BCUT2D eigenvalue weighted by Crippen LogP contribution is -2.59. The molecular formula is C16H25NO2. The predicted octanol–water partition coefficient (Wildman–Crippen LogP) is 2.53. The van der Waals surface area contributed by atoms with E-state index in [1.54, 1.807) is 7.11 Å². The van der Waals surface area contributed by atoms with Crippen molar-refractivity contribution in [1.29, 1.82) is 0 Å². The molecule has 0 aromatic heterocycles. The number of aryl methyl sites for hydroxylation is 1. The van der Waals surface area contributed by atoms with Gasteiger partial charge in [-0.1, -0.05) is 31.2 Å². The minimum absolute atomic E-state index is 0.189. The molecule has 3 heteroatoms. The second-order valence-electron chi connectivity index (χ2n) is 5.04. The summed E-state index contributed by atoms with van der Waals surface area (Å²) < 4.78 is 11.2. The smallest absolute Gasteiger partial charge is 0.0986 e. The molecule has 3 nitrogen and oxygen atoms in total. The Hall–Kier alpha value is -0.900. The average molecular weight is 263 g/mol. The first kappa shape index (κ1) is 14.5. The van der Waals surface area contributed by atoms with Gasteiger partial charge in [0.15, 0.2) is 0 Å². The molecule has 1 N–H and O–H groups in total. The first-order valence-electron chi connectivity index (χ1n) is 7.24. The Bertz CT molecular complexity index is 394. The number of ether oxygens (including phenoxy) is 2. The number of benzene rings is 1. The van der Waals surface area contributed by atoms with Crippen LogP contribution in [0.4, 0.5) is 0 Å². The van der Waals surface area contributed by atoms with Crippen LogP contribution in [0.15, 0.2) is 24.3 Å². The molecule has 1 saturated carbocycles. The minimum Gasteiger partial charge on any atom is -0.377 e. The third-order valence-corrected chi connectivity index (χ3v) is 3.96. The second kappa shape index (κ2) is 7.04. The van der Waals surface area contributed by atoms with Crippen LogP contribution in [0.3, 0.4) is 0 Å². The largest absolute Gasteiger partial charge is 0.377 e. The molecule has 3 atom stereocenters. The third-order valence-electron chi connectivity index (χ3n) is 3.96. The number of rotatable bonds is 7. The second-order valence-corrected chi connectivity index (χ2v) is 5.04. The van der Waals surface area contributed by atoms with Crippen molar-refractivity contribution in [2.75, 3.05) is 13.7 Å². The standard InChI is InChI=1S/C16H25NO2/c1-4-12-8-6-7-9-13(12)11-17-14-10-15(19-5-2)16(14)18-3/h6-9,14-17H,4-5,10-11H2,1-3H3. The van der Waals surface area contributed by atoms with E-state index in [-0.39, 0.29) is 12.2 Å². The lowest BCUT2D eigenvalue weighted by molar-refractivity contribution is -0.131. The molecule has 1 aromatic rings. The maximum Gasteiger partial charge on any atom is 0.0986 e. The Balaban J connectivity index is 1.86. The highest BCUT2D eigenvalue weighted by Crippen LogP contribution is 2.27. The summed E-state index contributed by atoms with van der Waals surface area (Å²) in [5.74, 6) is 0. The summed E-state index contributed by atoms with van der Waals surface area (Å²) in [5.41, 5.74) is 2.81. The van der Waals surface area contributed by atoms with Crippen LogP contribution < -0.4 is 5.32 Å². The molecule has 0 radical (unpaired) electrons. The van der Waals surface area contributed by atoms with E-state index in [0.29, 0.717) is 6.04 Å². The van der Waals surface area contributed by atoms with E-state index in [9.17, 15) is 0 Å². The van der Waals surface area contributed by atoms with Crippen molar-refractivity contribution in [2.24, 2.45) is 0 Å². The van der Waals surface area contributed by atoms with Crippen molar-refractivity contribution >= 4 is 0 Å². The van der Waals surface area contributed by atoms with E-state index in [1.165, 1.54) is 11.1 Å². The monoisotopic (exact) mass is 263 g/mol. The lowest BCUT2D eigenvalue weighted by Gasteiger charge is -2.43. The van der Waals surface area contributed by atoms with Gasteiger partial charge in [-0.05, 0) is 30.9 Å². The van der Waals surface area contributed by atoms with E-state index in [4.69, 9.17) is 9.47 Å². The topological polar surface area (TPSA) is 30.5 Å². The molecule has 3 unspecified atom stereocenters. The zero-order valence-electron chi connectivity index (χ0n) is 12.2. The number of hydrogen-bond donors (Lipinski definition) is 1. The van der Waals surface area contributed by atoms with Gasteiger partial charge in [-0.25, -0.2) is 0 Å². The molecule has 1 fully saturated rings. The van der Waals surface area contributed by atoms with Gasteiger partial charge >= 0.3 is 0 Å². The molecule has 1 aliphatic carbocycles. The van der Waals surface area contributed by atoms with Crippen LogP contribution in [0, 0.1) is 0 Å². The van der Waals surface area contributed by atoms with E-state index >= 15 is 0 Å². The van der Waals surface area contributed by atoms with Gasteiger partial charge in [0, 0.05) is 26.3 Å². The highest BCUT2D eigenvalue weighted by Gasteiger charge is 2.41. The van der Waals surface area contributed by atoms with E-state index in [2.05, 4.69) is 36.5 Å². The summed E-state index contributed by atoms with van der Waals surface area (Å²) in [5, 5.41) is 3.59. The molecule has 0 bridgehead atoms. The fraction of sp³-hybridized carbons (Fsp3) is 0.625. The van der Waals surface area contributed by atoms with Crippen LogP contribution in [0.25, 0.3) is 0 Å². The molecule has 1 aliphatic rings. The van der Waals surface area contributed by atoms with Gasteiger partial charge in [-0.2, -0.15) is 0 Å². The quantitative estimate of drug-likeness (QED) is 0.820. The summed E-state index contributed by atoms with van der Waals surface area (Å²) in [6.45, 7) is 5.90. The molecule has 0 amide bonds. The molecule has 0 spiro atoms. The zero-order valence-corrected chi connectivity index (χ0v) is 12.2. The van der Waals surface area contributed by atoms with Crippen molar-refractivity contribution in [1.82, 2.24) is 5.32 Å². The predicted molar refractivity (Wildman–Crippen MR) is 77.3 cm³/mol. The van der Waals surface area contributed by atoms with Gasteiger partial charge in [0.05, 0.1) is 12.2 Å². The fourth-order valence-electron chi connectivity index (χ4n) is 2.79. The zero-order chi connectivity index (χ0) is 13.7. The Kier molecular flexibility index (Phi) is 5.37. The molecule has 0 saturated heterocycles. The first-order chi connectivity index (χ1) is 9.30. The van der Waals surface area contributed by atoms with Crippen LogP contribution in [0.2, 0.25) is 0 Å². The highest BCUT2D eigenvalue weighted by molar-refractivity contribution is 5.27. The molecule has 0 aliphatic heterocycles. The van der Waals surface area contributed by atoms with E-state index < -0.39 is 0 Å². The van der Waals surface area contributed by atoms with E-state index in [1.807, 2.05) is 6.92 Å². The number of hydrogen-bond acceptors (Lipinski definition) is 3. The normalized spacial score (nSPS) is 26.2. The Morgan fingerprint density at radius 3 is 2.58 bits per heavy atom. The van der Waals surface area contributed by atoms with Crippen LogP contribution in [0.5, 0.6) is 0 Å².